The molecule has 0 aliphatic heterocycles. The molecule has 0 amide bonds. The third-order valence-corrected chi connectivity index (χ3v) is 2.06. The van der Waals surface area contributed by atoms with E-state index in [-0.39, 0.29) is 0 Å². The third-order valence-electron chi connectivity index (χ3n) is 2.06. The zero-order valence-electron chi connectivity index (χ0n) is 9.75. The van der Waals surface area contributed by atoms with Gasteiger partial charge in [0.05, 0.1) is 31.6 Å². The topological polar surface area (TPSA) is 173 Å². The summed E-state index contributed by atoms with van der Waals surface area (Å²) in [6.07, 6.45) is -1.58. The Morgan fingerprint density at radius 3 is 1.21 bits per heavy atom. The van der Waals surface area contributed by atoms with E-state index < -0.39 is 55.5 Å². The van der Waals surface area contributed by atoms with E-state index in [1.807, 2.05) is 0 Å². The van der Waals surface area contributed by atoms with Crippen LogP contribution in [0.3, 0.4) is 0 Å². The van der Waals surface area contributed by atoms with Crippen molar-refractivity contribution in [3.05, 3.63) is 0 Å². The van der Waals surface area contributed by atoms with E-state index in [1.165, 1.54) is 0 Å². The van der Waals surface area contributed by atoms with Crippen molar-refractivity contribution < 1.29 is 39.6 Å². The van der Waals surface area contributed by atoms with E-state index in [9.17, 15) is 19.2 Å². The molecule has 0 fully saturated rings. The van der Waals surface area contributed by atoms with Crippen LogP contribution in [-0.4, -0.2) is 63.1 Å². The van der Waals surface area contributed by atoms with Crippen LogP contribution in [0.5, 0.6) is 0 Å². The normalized spacial score (nSPS) is 10.9. The van der Waals surface area contributed by atoms with Crippen LogP contribution in [0.15, 0.2) is 0 Å². The standard InChI is InChI=1S/C9H14N2O8/c12-5(13)1-9(2-6(14)15,10-3-7(16)17)11-4-8(18)19/h10-11H,1-4H2,(H,12,13)(H,14,15)(H,16,17)(H,18,19). The molecule has 0 saturated carbocycles. The number of rotatable bonds is 10. The molecule has 0 spiro atoms. The Bertz CT molecular complexity index is 344. The van der Waals surface area contributed by atoms with Crippen LogP contribution in [0, 0.1) is 0 Å². The summed E-state index contributed by atoms with van der Waals surface area (Å²) in [6.45, 7) is -1.43. The first-order valence-corrected chi connectivity index (χ1v) is 5.04. The summed E-state index contributed by atoms with van der Waals surface area (Å²) < 4.78 is 0. The van der Waals surface area contributed by atoms with E-state index in [0.29, 0.717) is 0 Å². The summed E-state index contributed by atoms with van der Waals surface area (Å²) in [5.74, 6) is -5.48. The summed E-state index contributed by atoms with van der Waals surface area (Å²) in [6, 6.07) is 0. The smallest absolute Gasteiger partial charge is 0.317 e. The van der Waals surface area contributed by atoms with Crippen molar-refractivity contribution in [1.82, 2.24) is 10.6 Å². The lowest BCUT2D eigenvalue weighted by Gasteiger charge is -2.32. The van der Waals surface area contributed by atoms with Gasteiger partial charge in [0, 0.05) is 0 Å². The predicted octanol–water partition coefficient (Wildman–Crippen LogP) is -2.02. The molecule has 0 bridgehead atoms. The van der Waals surface area contributed by atoms with Crippen LogP contribution in [0.1, 0.15) is 12.8 Å². The van der Waals surface area contributed by atoms with Gasteiger partial charge in [0.1, 0.15) is 0 Å². The number of nitrogens with one attached hydrogen (secondary N) is 2. The Labute approximate surface area is 107 Å². The molecular weight excluding hydrogens is 264 g/mol. The lowest BCUT2D eigenvalue weighted by atomic mass is 10.0. The summed E-state index contributed by atoms with van der Waals surface area (Å²) in [5, 5.41) is 38.9. The lowest BCUT2D eigenvalue weighted by Crippen LogP contribution is -2.61. The SMILES string of the molecule is O=C(O)CNC(CC(=O)O)(CC(=O)O)NCC(=O)O. The number of carboxylic acids is 4. The molecule has 10 heteroatoms. The van der Waals surface area contributed by atoms with E-state index in [2.05, 4.69) is 10.6 Å². The quantitative estimate of drug-likeness (QED) is 0.245. The zero-order valence-corrected chi connectivity index (χ0v) is 9.75. The molecule has 0 heterocycles. The highest BCUT2D eigenvalue weighted by molar-refractivity contribution is 5.75. The van der Waals surface area contributed by atoms with Gasteiger partial charge in [0.25, 0.3) is 0 Å². The number of hydrogen-bond acceptors (Lipinski definition) is 6. The van der Waals surface area contributed by atoms with Gasteiger partial charge in [-0.05, 0) is 0 Å². The molecule has 0 unspecified atom stereocenters. The fraction of sp³-hybridized carbons (Fsp3) is 0.556. The van der Waals surface area contributed by atoms with Crippen LogP contribution < -0.4 is 10.6 Å². The lowest BCUT2D eigenvalue weighted by molar-refractivity contribution is -0.146. The van der Waals surface area contributed by atoms with E-state index in [0.717, 1.165) is 0 Å². The number of carboxylic acid groups (broad SMARTS) is 4. The van der Waals surface area contributed by atoms with Crippen LogP contribution in [-0.2, 0) is 19.2 Å². The molecule has 0 aliphatic rings. The molecule has 10 nitrogen and oxygen atoms in total. The largest absolute Gasteiger partial charge is 0.481 e. The molecule has 0 aliphatic carbocycles. The van der Waals surface area contributed by atoms with Gasteiger partial charge in [-0.3, -0.25) is 29.8 Å². The van der Waals surface area contributed by atoms with E-state index >= 15 is 0 Å². The van der Waals surface area contributed by atoms with Gasteiger partial charge in [0.15, 0.2) is 0 Å². The predicted molar refractivity (Wildman–Crippen MR) is 58.5 cm³/mol. The summed E-state index contributed by atoms with van der Waals surface area (Å²) >= 11 is 0. The number of carbonyl (C=O) groups is 4. The first-order valence-electron chi connectivity index (χ1n) is 5.04. The van der Waals surface area contributed by atoms with Crippen molar-refractivity contribution in [2.45, 2.75) is 18.5 Å². The van der Waals surface area contributed by atoms with Crippen molar-refractivity contribution >= 4 is 23.9 Å². The summed E-state index contributed by atoms with van der Waals surface area (Å²) in [5.41, 5.74) is -1.85. The third kappa shape index (κ3) is 7.68. The second kappa shape index (κ2) is 7.28. The number of hydrogen-bond donors (Lipinski definition) is 6. The highest BCUT2D eigenvalue weighted by Crippen LogP contribution is 2.12. The summed E-state index contributed by atoms with van der Waals surface area (Å²) in [4.78, 5) is 42.3. The zero-order chi connectivity index (χ0) is 15.1. The molecule has 6 N–H and O–H groups in total. The molecule has 19 heavy (non-hydrogen) atoms. The van der Waals surface area contributed by atoms with Gasteiger partial charge in [0.2, 0.25) is 0 Å². The molecule has 0 radical (unpaired) electrons. The number of aliphatic carboxylic acids is 4. The fourth-order valence-corrected chi connectivity index (χ4v) is 1.38. The molecule has 0 atom stereocenters. The maximum Gasteiger partial charge on any atom is 0.317 e. The van der Waals surface area contributed by atoms with Crippen molar-refractivity contribution in [3.63, 3.8) is 0 Å². The minimum atomic E-state index is -1.85. The van der Waals surface area contributed by atoms with E-state index in [1.54, 1.807) is 0 Å². The second-order valence-corrected chi connectivity index (χ2v) is 3.72. The van der Waals surface area contributed by atoms with Crippen LogP contribution in [0.2, 0.25) is 0 Å². The highest BCUT2D eigenvalue weighted by Gasteiger charge is 2.35. The molecule has 0 aromatic carbocycles. The molecule has 0 rings (SSSR count). The fourth-order valence-electron chi connectivity index (χ4n) is 1.38. The maximum atomic E-state index is 10.7. The van der Waals surface area contributed by atoms with Gasteiger partial charge < -0.3 is 20.4 Å². The van der Waals surface area contributed by atoms with Crippen LogP contribution >= 0.6 is 0 Å². The molecule has 0 aromatic heterocycles. The Kier molecular flexibility index (Phi) is 6.44. The van der Waals surface area contributed by atoms with Crippen LogP contribution in [0.25, 0.3) is 0 Å². The van der Waals surface area contributed by atoms with Crippen LogP contribution in [0.4, 0.5) is 0 Å². The van der Waals surface area contributed by atoms with Gasteiger partial charge >= 0.3 is 23.9 Å². The monoisotopic (exact) mass is 278 g/mol. The van der Waals surface area contributed by atoms with Crippen molar-refractivity contribution in [2.75, 3.05) is 13.1 Å². The van der Waals surface area contributed by atoms with Gasteiger partial charge in [-0.25, -0.2) is 0 Å². The minimum absolute atomic E-state index is 0.715. The average Bonchev–Trinajstić information content (AvgIpc) is 2.22. The minimum Gasteiger partial charge on any atom is -0.481 e. The van der Waals surface area contributed by atoms with Crippen molar-refractivity contribution in [2.24, 2.45) is 0 Å². The highest BCUT2D eigenvalue weighted by atomic mass is 16.4. The second-order valence-electron chi connectivity index (χ2n) is 3.72. The first kappa shape index (κ1) is 16.8. The average molecular weight is 278 g/mol. The van der Waals surface area contributed by atoms with Gasteiger partial charge in [-0.2, -0.15) is 0 Å². The Hall–Kier alpha value is -2.20. The molecular formula is C9H14N2O8. The van der Waals surface area contributed by atoms with Gasteiger partial charge in [-0.1, -0.05) is 0 Å². The van der Waals surface area contributed by atoms with E-state index in [4.69, 9.17) is 20.4 Å². The first-order chi connectivity index (χ1) is 8.67. The Morgan fingerprint density at radius 2 is 1.00 bits per heavy atom. The molecule has 108 valence electrons. The summed E-state index contributed by atoms with van der Waals surface area (Å²) in [7, 11) is 0. The maximum absolute atomic E-state index is 10.7. The van der Waals surface area contributed by atoms with Crippen molar-refractivity contribution in [3.8, 4) is 0 Å². The Morgan fingerprint density at radius 1 is 0.684 bits per heavy atom. The van der Waals surface area contributed by atoms with Crippen molar-refractivity contribution in [1.29, 1.82) is 0 Å². The molecule has 0 saturated heterocycles. The van der Waals surface area contributed by atoms with Gasteiger partial charge in [-0.15, -0.1) is 0 Å². The Balaban J connectivity index is 5.04. The molecule has 0 aromatic rings.